The van der Waals surface area contributed by atoms with Crippen LogP contribution in [0.2, 0.25) is 0 Å². The van der Waals surface area contributed by atoms with Crippen molar-refractivity contribution in [2.24, 2.45) is 0 Å². The Morgan fingerprint density at radius 3 is 2.48 bits per heavy atom. The predicted molar refractivity (Wildman–Crippen MR) is 71.8 cm³/mol. The molecule has 0 radical (unpaired) electrons. The van der Waals surface area contributed by atoms with Gasteiger partial charge in [-0.3, -0.25) is 9.10 Å². The third-order valence-corrected chi connectivity index (χ3v) is 5.72. The van der Waals surface area contributed by atoms with E-state index in [4.69, 9.17) is 0 Å². The van der Waals surface area contributed by atoms with Gasteiger partial charge in [-0.2, -0.15) is 13.2 Å². The number of alkyl halides is 3. The number of benzene rings is 1. The highest BCUT2D eigenvalue weighted by Crippen LogP contribution is 2.45. The fraction of sp³-hybridized carbons (Fsp3) is 0.462. The summed E-state index contributed by atoms with van der Waals surface area (Å²) in [5.41, 5.74) is 0.873. The molecule has 0 aromatic heterocycles. The number of rotatable bonds is 3. The maximum absolute atomic E-state index is 12.4. The van der Waals surface area contributed by atoms with Gasteiger partial charge in [0.1, 0.15) is 5.25 Å². The standard InChI is InChI=1S/C13H14F3NO3S/c1-8(18)9-3-4-11-10(7-9)12(5-6-13(14,15)16)21(19,20)17(11)2/h3-4,7,12H,5-6H2,1-2H3. The SMILES string of the molecule is CC(=O)c1ccc2c(c1)C(CCC(F)(F)F)S(=O)(=O)N2C. The smallest absolute Gasteiger partial charge is 0.295 e. The first-order chi connectivity index (χ1) is 9.54. The fourth-order valence-electron chi connectivity index (χ4n) is 2.41. The molecule has 2 rings (SSSR count). The number of hydrogen-bond acceptors (Lipinski definition) is 3. The molecular formula is C13H14F3NO3S. The van der Waals surface area contributed by atoms with Crippen LogP contribution in [0.25, 0.3) is 0 Å². The number of Topliss-reactive ketones (excluding diaryl/α,β-unsaturated/α-hetero) is 1. The summed E-state index contributed by atoms with van der Waals surface area (Å²) < 4.78 is 62.6. The second-order valence-corrected chi connectivity index (χ2v) is 7.13. The number of anilines is 1. The van der Waals surface area contributed by atoms with Gasteiger partial charge < -0.3 is 0 Å². The number of sulfonamides is 1. The van der Waals surface area contributed by atoms with Crippen LogP contribution in [0, 0.1) is 0 Å². The summed E-state index contributed by atoms with van der Waals surface area (Å²) in [6, 6.07) is 4.30. The Kier molecular flexibility index (Phi) is 3.77. The summed E-state index contributed by atoms with van der Waals surface area (Å²) in [4.78, 5) is 11.4. The monoisotopic (exact) mass is 321 g/mol. The van der Waals surface area contributed by atoms with E-state index in [1.54, 1.807) is 0 Å². The summed E-state index contributed by atoms with van der Waals surface area (Å²) >= 11 is 0. The van der Waals surface area contributed by atoms with E-state index >= 15 is 0 Å². The minimum Gasteiger partial charge on any atom is -0.295 e. The quantitative estimate of drug-likeness (QED) is 0.804. The Morgan fingerprint density at radius 2 is 1.95 bits per heavy atom. The average molecular weight is 321 g/mol. The largest absolute Gasteiger partial charge is 0.389 e. The Bertz CT molecular complexity index is 682. The lowest BCUT2D eigenvalue weighted by Crippen LogP contribution is -2.25. The first kappa shape index (κ1) is 15.8. The highest BCUT2D eigenvalue weighted by molar-refractivity contribution is 7.93. The van der Waals surface area contributed by atoms with Crippen LogP contribution in [-0.4, -0.2) is 27.4 Å². The van der Waals surface area contributed by atoms with E-state index in [1.165, 1.54) is 32.2 Å². The van der Waals surface area contributed by atoms with E-state index in [-0.39, 0.29) is 16.9 Å². The summed E-state index contributed by atoms with van der Waals surface area (Å²) in [7, 11) is -2.57. The van der Waals surface area contributed by atoms with Gasteiger partial charge in [0.25, 0.3) is 0 Å². The van der Waals surface area contributed by atoms with Crippen molar-refractivity contribution in [1.29, 1.82) is 0 Å². The number of carbonyl (C=O) groups is 1. The molecule has 4 nitrogen and oxygen atoms in total. The van der Waals surface area contributed by atoms with Crippen LogP contribution >= 0.6 is 0 Å². The van der Waals surface area contributed by atoms with E-state index in [2.05, 4.69) is 0 Å². The normalized spacial score (nSPS) is 20.4. The van der Waals surface area contributed by atoms with Crippen LogP contribution in [0.4, 0.5) is 18.9 Å². The Labute approximate surface area is 120 Å². The molecule has 1 aliphatic heterocycles. The molecule has 1 aromatic carbocycles. The Balaban J connectivity index is 2.46. The molecule has 0 saturated carbocycles. The summed E-state index contributed by atoms with van der Waals surface area (Å²) in [5, 5.41) is -1.27. The Hall–Kier alpha value is -1.57. The molecule has 116 valence electrons. The van der Waals surface area contributed by atoms with Crippen LogP contribution in [0.15, 0.2) is 18.2 Å². The number of hydrogen-bond donors (Lipinski definition) is 0. The second-order valence-electron chi connectivity index (χ2n) is 4.98. The highest BCUT2D eigenvalue weighted by Gasteiger charge is 2.43. The van der Waals surface area contributed by atoms with E-state index in [1.807, 2.05) is 0 Å². The van der Waals surface area contributed by atoms with Gasteiger partial charge >= 0.3 is 6.18 Å². The van der Waals surface area contributed by atoms with E-state index < -0.39 is 34.3 Å². The van der Waals surface area contributed by atoms with Crippen molar-refractivity contribution in [3.05, 3.63) is 29.3 Å². The molecule has 0 spiro atoms. The molecule has 0 bridgehead atoms. The zero-order valence-electron chi connectivity index (χ0n) is 11.4. The van der Waals surface area contributed by atoms with Gasteiger partial charge in [0.2, 0.25) is 10.0 Å². The number of carbonyl (C=O) groups excluding carboxylic acids is 1. The molecule has 8 heteroatoms. The van der Waals surface area contributed by atoms with E-state index in [0.717, 1.165) is 4.31 Å². The van der Waals surface area contributed by atoms with Crippen LogP contribution in [0.5, 0.6) is 0 Å². The lowest BCUT2D eigenvalue weighted by atomic mass is 10.0. The molecule has 21 heavy (non-hydrogen) atoms. The first-order valence-corrected chi connectivity index (χ1v) is 7.74. The molecule has 1 aromatic rings. The van der Waals surface area contributed by atoms with Crippen LogP contribution in [0.1, 0.15) is 40.9 Å². The van der Waals surface area contributed by atoms with Gasteiger partial charge in [0.15, 0.2) is 5.78 Å². The molecule has 0 aliphatic carbocycles. The number of halogens is 3. The van der Waals surface area contributed by atoms with Crippen LogP contribution in [0.3, 0.4) is 0 Å². The van der Waals surface area contributed by atoms with Gasteiger partial charge in [-0.25, -0.2) is 8.42 Å². The fourth-order valence-corrected chi connectivity index (χ4v) is 4.15. The number of nitrogens with zero attached hydrogens (tertiary/aromatic N) is 1. The molecular weight excluding hydrogens is 307 g/mol. The summed E-state index contributed by atoms with van der Waals surface area (Å²) in [5.74, 6) is -0.265. The molecule has 0 saturated heterocycles. The van der Waals surface area contributed by atoms with Gasteiger partial charge in [-0.05, 0) is 37.1 Å². The molecule has 1 heterocycles. The van der Waals surface area contributed by atoms with E-state index in [9.17, 15) is 26.4 Å². The Morgan fingerprint density at radius 1 is 1.33 bits per heavy atom. The van der Waals surface area contributed by atoms with Gasteiger partial charge in [0.05, 0.1) is 5.69 Å². The maximum atomic E-state index is 12.4. The minimum atomic E-state index is -4.42. The van der Waals surface area contributed by atoms with Gasteiger partial charge in [-0.15, -0.1) is 0 Å². The molecule has 1 atom stereocenters. The number of fused-ring (bicyclic) bond motifs is 1. The third-order valence-electron chi connectivity index (χ3n) is 3.55. The summed E-state index contributed by atoms with van der Waals surface area (Å²) in [6.45, 7) is 1.32. The maximum Gasteiger partial charge on any atom is 0.389 e. The zero-order chi connectivity index (χ0) is 16.0. The number of ketones is 1. The van der Waals surface area contributed by atoms with Crippen molar-refractivity contribution in [3.63, 3.8) is 0 Å². The lowest BCUT2D eigenvalue weighted by Gasteiger charge is -2.15. The van der Waals surface area contributed by atoms with Crippen molar-refractivity contribution in [2.45, 2.75) is 31.2 Å². The molecule has 0 N–H and O–H groups in total. The molecule has 0 fully saturated rings. The van der Waals surface area contributed by atoms with Crippen molar-refractivity contribution >= 4 is 21.5 Å². The first-order valence-electron chi connectivity index (χ1n) is 6.23. The van der Waals surface area contributed by atoms with Crippen molar-refractivity contribution in [1.82, 2.24) is 0 Å². The topological polar surface area (TPSA) is 54.5 Å². The van der Waals surface area contributed by atoms with Crippen molar-refractivity contribution < 1.29 is 26.4 Å². The highest BCUT2D eigenvalue weighted by atomic mass is 32.2. The zero-order valence-corrected chi connectivity index (χ0v) is 12.3. The summed E-state index contributed by atoms with van der Waals surface area (Å²) in [6.07, 6.45) is -6.16. The van der Waals surface area contributed by atoms with Crippen LogP contribution < -0.4 is 4.31 Å². The van der Waals surface area contributed by atoms with E-state index in [0.29, 0.717) is 5.69 Å². The van der Waals surface area contributed by atoms with Crippen molar-refractivity contribution in [2.75, 3.05) is 11.4 Å². The molecule has 1 unspecified atom stereocenters. The van der Waals surface area contributed by atoms with Crippen LogP contribution in [-0.2, 0) is 10.0 Å². The second kappa shape index (κ2) is 5.01. The third kappa shape index (κ3) is 2.90. The molecule has 1 aliphatic rings. The van der Waals surface area contributed by atoms with Gasteiger partial charge in [0, 0.05) is 19.0 Å². The van der Waals surface area contributed by atoms with Crippen molar-refractivity contribution in [3.8, 4) is 0 Å². The van der Waals surface area contributed by atoms with Gasteiger partial charge in [-0.1, -0.05) is 0 Å². The molecule has 0 amide bonds. The predicted octanol–water partition coefficient (Wildman–Crippen LogP) is 3.05. The minimum absolute atomic E-state index is 0.259. The lowest BCUT2D eigenvalue weighted by molar-refractivity contribution is -0.135. The average Bonchev–Trinajstić information content (AvgIpc) is 2.54.